The van der Waals surface area contributed by atoms with Gasteiger partial charge in [-0.15, -0.1) is 0 Å². The van der Waals surface area contributed by atoms with E-state index in [-0.39, 0.29) is 0 Å². The fourth-order valence-electron chi connectivity index (χ4n) is 2.20. The molecule has 1 aliphatic rings. The lowest BCUT2D eigenvalue weighted by atomic mass is 10.2. The van der Waals surface area contributed by atoms with Crippen LogP contribution in [0.15, 0.2) is 24.3 Å². The summed E-state index contributed by atoms with van der Waals surface area (Å²) >= 11 is 6.24. The summed E-state index contributed by atoms with van der Waals surface area (Å²) in [6.07, 6.45) is 2.30. The Morgan fingerprint density at radius 2 is 2.05 bits per heavy atom. The molecular formula is C16H18ClN3O. The van der Waals surface area contributed by atoms with Gasteiger partial charge in [-0.2, -0.15) is 0 Å². The summed E-state index contributed by atoms with van der Waals surface area (Å²) in [6, 6.07) is 8.03. The van der Waals surface area contributed by atoms with Crippen LogP contribution in [0.3, 0.4) is 0 Å². The number of rotatable bonds is 5. The number of aromatic nitrogens is 2. The minimum Gasteiger partial charge on any atom is -0.380 e. The number of benzene rings is 1. The van der Waals surface area contributed by atoms with Crippen LogP contribution < -0.4 is 5.32 Å². The third kappa shape index (κ3) is 3.17. The van der Waals surface area contributed by atoms with Crippen molar-refractivity contribution in [2.24, 2.45) is 0 Å². The van der Waals surface area contributed by atoms with Gasteiger partial charge in [-0.1, -0.05) is 29.8 Å². The molecule has 1 fully saturated rings. The van der Waals surface area contributed by atoms with E-state index in [1.165, 1.54) is 0 Å². The van der Waals surface area contributed by atoms with E-state index in [9.17, 15) is 0 Å². The molecule has 0 amide bonds. The average Bonchev–Trinajstić information content (AvgIpc) is 3.30. The lowest BCUT2D eigenvalue weighted by Crippen LogP contribution is -2.05. The number of methoxy groups -OCH3 is 1. The van der Waals surface area contributed by atoms with Gasteiger partial charge in [0.1, 0.15) is 16.8 Å². The van der Waals surface area contributed by atoms with Gasteiger partial charge in [0.2, 0.25) is 0 Å². The average molecular weight is 304 g/mol. The van der Waals surface area contributed by atoms with E-state index in [2.05, 4.69) is 15.3 Å². The van der Waals surface area contributed by atoms with Crippen molar-refractivity contribution in [3.05, 3.63) is 46.4 Å². The monoisotopic (exact) mass is 303 g/mol. The Bertz CT molecular complexity index is 656. The van der Waals surface area contributed by atoms with Gasteiger partial charge < -0.3 is 10.1 Å². The second-order valence-electron chi connectivity index (χ2n) is 5.34. The Balaban J connectivity index is 1.94. The molecule has 1 N–H and O–H groups in total. The maximum Gasteiger partial charge on any atom is 0.138 e. The second kappa shape index (κ2) is 6.00. The molecule has 0 spiro atoms. The maximum absolute atomic E-state index is 6.24. The topological polar surface area (TPSA) is 47.0 Å². The normalized spacial score (nSPS) is 14.2. The van der Waals surface area contributed by atoms with E-state index in [1.807, 2.05) is 31.2 Å². The van der Waals surface area contributed by atoms with Gasteiger partial charge in [-0.05, 0) is 25.8 Å². The first-order valence-corrected chi connectivity index (χ1v) is 7.44. The number of nitrogens with zero attached hydrogens (tertiary/aromatic N) is 2. The van der Waals surface area contributed by atoms with E-state index in [4.69, 9.17) is 16.3 Å². The van der Waals surface area contributed by atoms with Crippen molar-refractivity contribution < 1.29 is 4.74 Å². The fourth-order valence-corrected chi connectivity index (χ4v) is 2.38. The van der Waals surface area contributed by atoms with Crippen LogP contribution in [-0.2, 0) is 11.3 Å². The number of hydrogen-bond donors (Lipinski definition) is 1. The lowest BCUT2D eigenvalue weighted by Gasteiger charge is -2.14. The molecule has 0 atom stereocenters. The van der Waals surface area contributed by atoms with Crippen molar-refractivity contribution >= 4 is 23.1 Å². The number of halogens is 1. The number of ether oxygens (including phenoxy) is 1. The number of anilines is 2. The van der Waals surface area contributed by atoms with Crippen LogP contribution in [0.1, 0.15) is 35.7 Å². The highest BCUT2D eigenvalue weighted by molar-refractivity contribution is 6.30. The Morgan fingerprint density at radius 3 is 2.76 bits per heavy atom. The van der Waals surface area contributed by atoms with Crippen LogP contribution in [0.2, 0.25) is 5.15 Å². The van der Waals surface area contributed by atoms with Gasteiger partial charge in [0.05, 0.1) is 6.61 Å². The molecule has 1 aromatic heterocycles. The van der Waals surface area contributed by atoms with Crippen molar-refractivity contribution in [2.75, 3.05) is 12.4 Å². The first-order valence-electron chi connectivity index (χ1n) is 7.07. The van der Waals surface area contributed by atoms with Crippen molar-refractivity contribution in [1.82, 2.24) is 9.97 Å². The molecule has 1 heterocycles. The molecule has 1 aliphatic carbocycles. The molecule has 2 aromatic rings. The molecule has 1 saturated carbocycles. The summed E-state index contributed by atoms with van der Waals surface area (Å²) in [4.78, 5) is 9.03. The zero-order valence-corrected chi connectivity index (χ0v) is 12.9. The number of hydrogen-bond acceptors (Lipinski definition) is 4. The highest BCUT2D eigenvalue weighted by atomic mass is 35.5. The molecule has 4 nitrogen and oxygen atoms in total. The lowest BCUT2D eigenvalue weighted by molar-refractivity contribution is 0.185. The van der Waals surface area contributed by atoms with E-state index < -0.39 is 0 Å². The molecule has 1 aromatic carbocycles. The Morgan fingerprint density at radius 1 is 1.29 bits per heavy atom. The molecule has 0 unspecified atom stereocenters. The molecular weight excluding hydrogens is 286 g/mol. The highest BCUT2D eigenvalue weighted by Crippen LogP contribution is 2.39. The van der Waals surface area contributed by atoms with Gasteiger partial charge in [0.25, 0.3) is 0 Å². The summed E-state index contributed by atoms with van der Waals surface area (Å²) in [6.45, 7) is 2.48. The summed E-state index contributed by atoms with van der Waals surface area (Å²) in [5.74, 6) is 2.09. The largest absolute Gasteiger partial charge is 0.380 e. The van der Waals surface area contributed by atoms with E-state index in [0.717, 1.165) is 41.3 Å². The zero-order chi connectivity index (χ0) is 14.8. The molecule has 110 valence electrons. The van der Waals surface area contributed by atoms with Crippen LogP contribution in [0.5, 0.6) is 0 Å². The van der Waals surface area contributed by atoms with Crippen LogP contribution in [0, 0.1) is 6.92 Å². The van der Waals surface area contributed by atoms with E-state index in [1.54, 1.807) is 7.11 Å². The summed E-state index contributed by atoms with van der Waals surface area (Å²) < 4.78 is 5.23. The number of para-hydroxylation sites is 1. The standard InChI is InChI=1S/C16H18ClN3O/c1-10-14(17)19-16(11-7-8-11)20-15(10)18-13-6-4-3-5-12(13)9-21-2/h3-6,11H,7-9H2,1-2H3,(H,18,19,20). The molecule has 21 heavy (non-hydrogen) atoms. The first-order chi connectivity index (χ1) is 10.2. The molecule has 3 rings (SSSR count). The Kier molecular flexibility index (Phi) is 4.08. The van der Waals surface area contributed by atoms with Crippen LogP contribution >= 0.6 is 11.6 Å². The van der Waals surface area contributed by atoms with E-state index in [0.29, 0.717) is 17.7 Å². The Labute approximate surface area is 129 Å². The van der Waals surface area contributed by atoms with Crippen molar-refractivity contribution in [2.45, 2.75) is 32.3 Å². The second-order valence-corrected chi connectivity index (χ2v) is 5.69. The fraction of sp³-hybridized carbons (Fsp3) is 0.375. The summed E-state index contributed by atoms with van der Waals surface area (Å²) in [5, 5.41) is 3.90. The van der Waals surface area contributed by atoms with Crippen molar-refractivity contribution in [3.8, 4) is 0 Å². The van der Waals surface area contributed by atoms with Crippen molar-refractivity contribution in [1.29, 1.82) is 0 Å². The molecule has 5 heteroatoms. The molecule has 0 radical (unpaired) electrons. The summed E-state index contributed by atoms with van der Waals surface area (Å²) in [5.41, 5.74) is 2.94. The van der Waals surface area contributed by atoms with Gasteiger partial charge in [0, 0.05) is 29.8 Å². The predicted molar refractivity (Wildman–Crippen MR) is 84.2 cm³/mol. The maximum atomic E-state index is 6.24. The smallest absolute Gasteiger partial charge is 0.138 e. The molecule has 0 bridgehead atoms. The minimum atomic E-state index is 0.470. The molecule has 0 saturated heterocycles. The van der Waals surface area contributed by atoms with Crippen LogP contribution in [-0.4, -0.2) is 17.1 Å². The van der Waals surface area contributed by atoms with Crippen molar-refractivity contribution in [3.63, 3.8) is 0 Å². The highest BCUT2D eigenvalue weighted by Gasteiger charge is 2.28. The Hall–Kier alpha value is -1.65. The van der Waals surface area contributed by atoms with Gasteiger partial charge in [-0.3, -0.25) is 0 Å². The third-order valence-electron chi connectivity index (χ3n) is 3.62. The quantitative estimate of drug-likeness (QED) is 0.841. The summed E-state index contributed by atoms with van der Waals surface area (Å²) in [7, 11) is 1.69. The predicted octanol–water partition coefficient (Wildman–Crippen LogP) is 4.21. The van der Waals surface area contributed by atoms with Crippen LogP contribution in [0.25, 0.3) is 0 Å². The minimum absolute atomic E-state index is 0.470. The van der Waals surface area contributed by atoms with Gasteiger partial charge >= 0.3 is 0 Å². The first kappa shape index (κ1) is 14.3. The third-order valence-corrected chi connectivity index (χ3v) is 3.98. The van der Waals surface area contributed by atoms with Gasteiger partial charge in [-0.25, -0.2) is 9.97 Å². The van der Waals surface area contributed by atoms with E-state index >= 15 is 0 Å². The molecule has 0 aliphatic heterocycles. The number of nitrogens with one attached hydrogen (secondary N) is 1. The zero-order valence-electron chi connectivity index (χ0n) is 12.2. The SMILES string of the molecule is COCc1ccccc1Nc1nc(C2CC2)nc(Cl)c1C. The van der Waals surface area contributed by atoms with Crippen LogP contribution in [0.4, 0.5) is 11.5 Å². The van der Waals surface area contributed by atoms with Gasteiger partial charge in [0.15, 0.2) is 0 Å².